The Morgan fingerprint density at radius 1 is 1.33 bits per heavy atom. The van der Waals surface area contributed by atoms with Gasteiger partial charge in [0.05, 0.1) is 0 Å². The Balaban J connectivity index is 2.45. The topological polar surface area (TPSA) is 66.4 Å². The van der Waals surface area contributed by atoms with E-state index in [4.69, 9.17) is 0 Å². The minimum Gasteiger partial charge on any atom is -0.479 e. The lowest BCUT2D eigenvalue weighted by atomic mass is 9.88. The molecule has 0 saturated carbocycles. The Hall–Kier alpha value is -1.84. The van der Waals surface area contributed by atoms with Crippen LogP contribution in [0, 0.1) is 0 Å². The molecule has 2 N–H and O–H groups in total. The van der Waals surface area contributed by atoms with Gasteiger partial charge in [0, 0.05) is 6.42 Å². The summed E-state index contributed by atoms with van der Waals surface area (Å²) in [6.45, 7) is 0. The summed E-state index contributed by atoms with van der Waals surface area (Å²) in [5.74, 6) is -1.21. The summed E-state index contributed by atoms with van der Waals surface area (Å²) in [5.41, 5.74) is -0.596. The number of nitrogens with one attached hydrogen (secondary N) is 1. The summed E-state index contributed by atoms with van der Waals surface area (Å²) in [7, 11) is 0. The highest BCUT2D eigenvalue weighted by molar-refractivity contribution is 5.91. The van der Waals surface area contributed by atoms with Crippen LogP contribution < -0.4 is 5.32 Å². The molecular weight excluding hydrogens is 194 g/mol. The maximum Gasteiger partial charge on any atom is 0.334 e. The van der Waals surface area contributed by atoms with Gasteiger partial charge in [0.15, 0.2) is 5.54 Å². The Kier molecular flexibility index (Phi) is 2.19. The second kappa shape index (κ2) is 3.38. The van der Waals surface area contributed by atoms with E-state index in [9.17, 15) is 14.7 Å². The smallest absolute Gasteiger partial charge is 0.334 e. The van der Waals surface area contributed by atoms with Crippen molar-refractivity contribution in [1.82, 2.24) is 5.32 Å². The van der Waals surface area contributed by atoms with E-state index < -0.39 is 11.5 Å². The second-order valence-corrected chi connectivity index (χ2v) is 3.62. The van der Waals surface area contributed by atoms with Crippen LogP contribution in [0.5, 0.6) is 0 Å². The molecule has 1 unspecified atom stereocenters. The van der Waals surface area contributed by atoms with E-state index in [1.165, 1.54) is 0 Å². The molecule has 4 nitrogen and oxygen atoms in total. The number of rotatable bonds is 2. The number of carboxylic acids is 1. The molecule has 0 radical (unpaired) electrons. The molecule has 15 heavy (non-hydrogen) atoms. The quantitative estimate of drug-likeness (QED) is 0.753. The van der Waals surface area contributed by atoms with Crippen molar-refractivity contribution in [3.8, 4) is 0 Å². The molecule has 1 aliphatic heterocycles. The maximum absolute atomic E-state index is 11.3. The second-order valence-electron chi connectivity index (χ2n) is 3.62. The molecule has 1 saturated heterocycles. The Labute approximate surface area is 86.9 Å². The zero-order valence-corrected chi connectivity index (χ0v) is 8.06. The van der Waals surface area contributed by atoms with Crippen molar-refractivity contribution in [1.29, 1.82) is 0 Å². The standard InChI is InChI=1S/C11H11NO3/c13-9-6-7-11(12-9,10(14)15)8-4-2-1-3-5-8/h1-5H,6-7H2,(H,12,13)(H,14,15). The molecule has 4 heteroatoms. The first-order valence-electron chi connectivity index (χ1n) is 4.75. The molecule has 0 spiro atoms. The number of carboxylic acid groups (broad SMARTS) is 1. The van der Waals surface area contributed by atoms with Crippen LogP contribution in [0.4, 0.5) is 0 Å². The third-order valence-electron chi connectivity index (χ3n) is 2.71. The van der Waals surface area contributed by atoms with Crippen molar-refractivity contribution < 1.29 is 14.7 Å². The van der Waals surface area contributed by atoms with E-state index in [2.05, 4.69) is 5.32 Å². The van der Waals surface area contributed by atoms with Gasteiger partial charge in [0.1, 0.15) is 0 Å². The molecular formula is C11H11NO3. The van der Waals surface area contributed by atoms with Crippen LogP contribution in [0.2, 0.25) is 0 Å². The average molecular weight is 205 g/mol. The van der Waals surface area contributed by atoms with Gasteiger partial charge in [-0.3, -0.25) is 4.79 Å². The third kappa shape index (κ3) is 1.48. The van der Waals surface area contributed by atoms with Crippen molar-refractivity contribution in [3.63, 3.8) is 0 Å². The molecule has 1 aliphatic rings. The summed E-state index contributed by atoms with van der Waals surface area (Å²) in [4.78, 5) is 22.4. The lowest BCUT2D eigenvalue weighted by Crippen LogP contribution is -2.45. The van der Waals surface area contributed by atoms with Gasteiger partial charge < -0.3 is 10.4 Å². The number of amides is 1. The van der Waals surface area contributed by atoms with E-state index in [0.29, 0.717) is 12.0 Å². The van der Waals surface area contributed by atoms with Crippen molar-refractivity contribution in [2.45, 2.75) is 18.4 Å². The van der Waals surface area contributed by atoms with Crippen LogP contribution >= 0.6 is 0 Å². The highest BCUT2D eigenvalue weighted by Gasteiger charge is 2.46. The van der Waals surface area contributed by atoms with Crippen LogP contribution in [0.15, 0.2) is 30.3 Å². The van der Waals surface area contributed by atoms with Crippen LogP contribution in [0.1, 0.15) is 18.4 Å². The number of aliphatic carboxylic acids is 1. The Morgan fingerprint density at radius 2 is 2.00 bits per heavy atom. The van der Waals surface area contributed by atoms with Gasteiger partial charge in [-0.1, -0.05) is 30.3 Å². The van der Waals surface area contributed by atoms with Crippen molar-refractivity contribution >= 4 is 11.9 Å². The first kappa shape index (κ1) is 9.71. The SMILES string of the molecule is O=C1CCC(C(=O)O)(c2ccccc2)N1. The van der Waals surface area contributed by atoms with Gasteiger partial charge >= 0.3 is 5.97 Å². The number of carbonyl (C=O) groups excluding carboxylic acids is 1. The normalized spacial score (nSPS) is 24.9. The van der Waals surface area contributed by atoms with Crippen LogP contribution in [-0.4, -0.2) is 17.0 Å². The zero-order valence-electron chi connectivity index (χ0n) is 8.06. The van der Waals surface area contributed by atoms with E-state index in [-0.39, 0.29) is 12.3 Å². The minimum atomic E-state index is -1.22. The number of benzene rings is 1. The maximum atomic E-state index is 11.3. The van der Waals surface area contributed by atoms with Gasteiger partial charge in [-0.2, -0.15) is 0 Å². The summed E-state index contributed by atoms with van der Waals surface area (Å²) in [6.07, 6.45) is 0.576. The minimum absolute atomic E-state index is 0.207. The van der Waals surface area contributed by atoms with Crippen LogP contribution in [0.3, 0.4) is 0 Å². The van der Waals surface area contributed by atoms with Crippen molar-refractivity contribution in [2.24, 2.45) is 0 Å². The third-order valence-corrected chi connectivity index (χ3v) is 2.71. The first-order valence-corrected chi connectivity index (χ1v) is 4.75. The van der Waals surface area contributed by atoms with Gasteiger partial charge in [-0.05, 0) is 12.0 Å². The average Bonchev–Trinajstić information content (AvgIpc) is 2.63. The van der Waals surface area contributed by atoms with E-state index in [0.717, 1.165) is 0 Å². The molecule has 0 bridgehead atoms. The van der Waals surface area contributed by atoms with E-state index in [1.54, 1.807) is 24.3 Å². The molecule has 1 aromatic rings. The monoisotopic (exact) mass is 205 g/mol. The Bertz CT molecular complexity index is 402. The van der Waals surface area contributed by atoms with Gasteiger partial charge in [-0.15, -0.1) is 0 Å². The van der Waals surface area contributed by atoms with Crippen LogP contribution in [-0.2, 0) is 15.1 Å². The Morgan fingerprint density at radius 3 is 2.47 bits per heavy atom. The molecule has 1 heterocycles. The molecule has 0 aromatic heterocycles. The van der Waals surface area contributed by atoms with Gasteiger partial charge in [0.2, 0.25) is 5.91 Å². The van der Waals surface area contributed by atoms with Crippen molar-refractivity contribution in [2.75, 3.05) is 0 Å². The van der Waals surface area contributed by atoms with E-state index >= 15 is 0 Å². The lowest BCUT2D eigenvalue weighted by molar-refractivity contribution is -0.145. The number of hydrogen-bond donors (Lipinski definition) is 2. The summed E-state index contributed by atoms with van der Waals surface area (Å²) >= 11 is 0. The summed E-state index contributed by atoms with van der Waals surface area (Å²) in [6, 6.07) is 8.80. The molecule has 1 atom stereocenters. The highest BCUT2D eigenvalue weighted by Crippen LogP contribution is 2.31. The molecule has 1 amide bonds. The predicted molar refractivity (Wildman–Crippen MR) is 53.1 cm³/mol. The number of hydrogen-bond acceptors (Lipinski definition) is 2. The van der Waals surface area contributed by atoms with Gasteiger partial charge in [-0.25, -0.2) is 4.79 Å². The molecule has 1 fully saturated rings. The molecule has 2 rings (SSSR count). The fourth-order valence-electron chi connectivity index (χ4n) is 1.89. The fraction of sp³-hybridized carbons (Fsp3) is 0.273. The summed E-state index contributed by atoms with van der Waals surface area (Å²) in [5, 5.41) is 11.8. The van der Waals surface area contributed by atoms with Gasteiger partial charge in [0.25, 0.3) is 0 Å². The van der Waals surface area contributed by atoms with Crippen molar-refractivity contribution in [3.05, 3.63) is 35.9 Å². The highest BCUT2D eigenvalue weighted by atomic mass is 16.4. The molecule has 0 aliphatic carbocycles. The van der Waals surface area contributed by atoms with E-state index in [1.807, 2.05) is 6.07 Å². The predicted octanol–water partition coefficient (Wildman–Crippen LogP) is 0.876. The summed E-state index contributed by atoms with van der Waals surface area (Å²) < 4.78 is 0. The first-order chi connectivity index (χ1) is 7.15. The molecule has 78 valence electrons. The van der Waals surface area contributed by atoms with Crippen LogP contribution in [0.25, 0.3) is 0 Å². The number of carbonyl (C=O) groups is 2. The molecule has 1 aromatic carbocycles. The largest absolute Gasteiger partial charge is 0.479 e. The lowest BCUT2D eigenvalue weighted by Gasteiger charge is -2.24. The fourth-order valence-corrected chi connectivity index (χ4v) is 1.89. The zero-order chi connectivity index (χ0) is 10.9.